The summed E-state index contributed by atoms with van der Waals surface area (Å²) in [6.07, 6.45) is 1.45. The van der Waals surface area contributed by atoms with E-state index in [-0.39, 0.29) is 23.3 Å². The molecule has 0 spiro atoms. The number of nitrogens with two attached hydrogens (primary N) is 1. The van der Waals surface area contributed by atoms with Gasteiger partial charge in [-0.1, -0.05) is 12.1 Å². The Morgan fingerprint density at radius 3 is 2.38 bits per heavy atom. The Hall–Kier alpha value is -0.690. The van der Waals surface area contributed by atoms with Crippen LogP contribution in [-0.2, 0) is 10.0 Å². The minimum atomic E-state index is -3.75. The molecule has 1 aromatic rings. The van der Waals surface area contributed by atoms with Crippen molar-refractivity contribution >= 4 is 22.4 Å². The van der Waals surface area contributed by atoms with E-state index in [2.05, 4.69) is 0 Å². The third-order valence-electron chi connectivity index (χ3n) is 4.00. The molecule has 21 heavy (non-hydrogen) atoms. The fraction of sp³-hybridized carbons (Fsp3) is 0.571. The van der Waals surface area contributed by atoms with E-state index < -0.39 is 15.8 Å². The zero-order valence-electron chi connectivity index (χ0n) is 12.3. The molecule has 4 nitrogen and oxygen atoms in total. The van der Waals surface area contributed by atoms with E-state index >= 15 is 0 Å². The molecule has 2 rings (SSSR count). The molecule has 1 atom stereocenters. The molecule has 0 amide bonds. The summed E-state index contributed by atoms with van der Waals surface area (Å²) in [4.78, 5) is -0.195. The second-order valence-corrected chi connectivity index (χ2v) is 7.36. The van der Waals surface area contributed by atoms with Crippen molar-refractivity contribution in [3.05, 3.63) is 29.6 Å². The molecule has 1 heterocycles. The van der Waals surface area contributed by atoms with Gasteiger partial charge in [0.2, 0.25) is 10.0 Å². The number of benzene rings is 1. The predicted molar refractivity (Wildman–Crippen MR) is 83.5 cm³/mol. The molecule has 0 radical (unpaired) electrons. The summed E-state index contributed by atoms with van der Waals surface area (Å²) in [6, 6.07) is 4.39. The third-order valence-corrected chi connectivity index (χ3v) is 6.08. The minimum absolute atomic E-state index is 0. The van der Waals surface area contributed by atoms with Crippen LogP contribution in [0.15, 0.2) is 23.1 Å². The van der Waals surface area contributed by atoms with Crippen LogP contribution in [0.2, 0.25) is 0 Å². The van der Waals surface area contributed by atoms with Gasteiger partial charge in [0.05, 0.1) is 0 Å². The molecule has 120 valence electrons. The Bertz CT molecular complexity index is 564. The summed E-state index contributed by atoms with van der Waals surface area (Å²) in [6.45, 7) is 4.37. The summed E-state index contributed by atoms with van der Waals surface area (Å²) >= 11 is 0. The first-order valence-electron chi connectivity index (χ1n) is 6.85. The largest absolute Gasteiger partial charge is 0.328 e. The molecule has 1 fully saturated rings. The highest BCUT2D eigenvalue weighted by atomic mass is 35.5. The van der Waals surface area contributed by atoms with Crippen LogP contribution in [0, 0.1) is 18.7 Å². The van der Waals surface area contributed by atoms with Crippen molar-refractivity contribution < 1.29 is 12.8 Å². The van der Waals surface area contributed by atoms with E-state index in [4.69, 9.17) is 5.73 Å². The van der Waals surface area contributed by atoms with Gasteiger partial charge in [0, 0.05) is 19.1 Å². The van der Waals surface area contributed by atoms with Gasteiger partial charge in [0.15, 0.2) is 0 Å². The molecular formula is C14H22ClFN2O2S. The number of aryl methyl sites for hydroxylation is 1. The van der Waals surface area contributed by atoms with Crippen LogP contribution < -0.4 is 5.73 Å². The van der Waals surface area contributed by atoms with Crippen molar-refractivity contribution in [3.8, 4) is 0 Å². The Morgan fingerprint density at radius 2 is 1.90 bits per heavy atom. The van der Waals surface area contributed by atoms with Crippen molar-refractivity contribution in [2.45, 2.75) is 37.6 Å². The molecule has 1 aromatic carbocycles. The molecule has 0 aliphatic carbocycles. The standard InChI is InChI=1S/C14H21FN2O2S.ClH/c1-10-4-3-5-13(15)14(10)20(18,19)17-8-6-12(7-9-17)11(2)16;/h3-5,11-12H,6-9,16H2,1-2H3;1H. The fourth-order valence-corrected chi connectivity index (χ4v) is 4.45. The maximum atomic E-state index is 13.9. The molecule has 1 aliphatic heterocycles. The van der Waals surface area contributed by atoms with Gasteiger partial charge in [-0.3, -0.25) is 0 Å². The van der Waals surface area contributed by atoms with Gasteiger partial charge in [-0.25, -0.2) is 12.8 Å². The average molecular weight is 337 g/mol. The van der Waals surface area contributed by atoms with E-state index in [1.807, 2.05) is 6.92 Å². The van der Waals surface area contributed by atoms with Crippen molar-refractivity contribution in [1.29, 1.82) is 0 Å². The molecule has 1 saturated heterocycles. The van der Waals surface area contributed by atoms with E-state index in [0.29, 0.717) is 24.6 Å². The molecule has 0 saturated carbocycles. The summed E-state index contributed by atoms with van der Waals surface area (Å²) in [7, 11) is -3.75. The SMILES string of the molecule is Cc1cccc(F)c1S(=O)(=O)N1CCC(C(C)N)CC1.Cl. The smallest absolute Gasteiger partial charge is 0.246 e. The van der Waals surface area contributed by atoms with Crippen LogP contribution in [0.3, 0.4) is 0 Å². The lowest BCUT2D eigenvalue weighted by atomic mass is 9.92. The quantitative estimate of drug-likeness (QED) is 0.921. The summed E-state index contributed by atoms with van der Waals surface area (Å²) in [5, 5.41) is 0. The number of hydrogen-bond acceptors (Lipinski definition) is 3. The molecular weight excluding hydrogens is 315 g/mol. The molecule has 0 aromatic heterocycles. The Morgan fingerprint density at radius 1 is 1.33 bits per heavy atom. The number of sulfonamides is 1. The summed E-state index contributed by atoms with van der Waals surface area (Å²) in [5.74, 6) is -0.345. The molecule has 1 aliphatic rings. The second-order valence-electron chi connectivity index (χ2n) is 5.49. The first-order chi connectivity index (χ1) is 9.34. The minimum Gasteiger partial charge on any atom is -0.328 e. The van der Waals surface area contributed by atoms with Gasteiger partial charge in [0.25, 0.3) is 0 Å². The zero-order valence-corrected chi connectivity index (χ0v) is 13.9. The highest BCUT2D eigenvalue weighted by molar-refractivity contribution is 7.89. The Kier molecular flexibility index (Phi) is 6.16. The number of nitrogens with zero attached hydrogens (tertiary/aromatic N) is 1. The highest BCUT2D eigenvalue weighted by Gasteiger charge is 2.33. The number of piperidine rings is 1. The fourth-order valence-electron chi connectivity index (χ4n) is 2.71. The van der Waals surface area contributed by atoms with Gasteiger partial charge in [0.1, 0.15) is 10.7 Å². The topological polar surface area (TPSA) is 63.4 Å². The van der Waals surface area contributed by atoms with Crippen LogP contribution in [0.25, 0.3) is 0 Å². The van der Waals surface area contributed by atoms with Crippen molar-refractivity contribution in [2.24, 2.45) is 11.7 Å². The van der Waals surface area contributed by atoms with Crippen molar-refractivity contribution in [2.75, 3.05) is 13.1 Å². The summed E-state index contributed by atoms with van der Waals surface area (Å²) in [5.41, 5.74) is 6.30. The lowest BCUT2D eigenvalue weighted by molar-refractivity contribution is 0.250. The van der Waals surface area contributed by atoms with Crippen LogP contribution in [-0.4, -0.2) is 31.9 Å². The molecule has 2 N–H and O–H groups in total. The molecule has 0 bridgehead atoms. The maximum Gasteiger partial charge on any atom is 0.246 e. The number of hydrogen-bond donors (Lipinski definition) is 1. The maximum absolute atomic E-state index is 13.9. The molecule has 7 heteroatoms. The number of halogens is 2. The van der Waals surface area contributed by atoms with Crippen LogP contribution >= 0.6 is 12.4 Å². The Labute approximate surface area is 132 Å². The monoisotopic (exact) mass is 336 g/mol. The summed E-state index contributed by atoms with van der Waals surface area (Å²) < 4.78 is 40.4. The number of rotatable bonds is 3. The van der Waals surface area contributed by atoms with Crippen LogP contribution in [0.4, 0.5) is 4.39 Å². The van der Waals surface area contributed by atoms with Crippen LogP contribution in [0.1, 0.15) is 25.3 Å². The normalized spacial score (nSPS) is 19.0. The van der Waals surface area contributed by atoms with Crippen molar-refractivity contribution in [1.82, 2.24) is 4.31 Å². The zero-order chi connectivity index (χ0) is 14.9. The van der Waals surface area contributed by atoms with E-state index in [1.165, 1.54) is 16.4 Å². The highest BCUT2D eigenvalue weighted by Crippen LogP contribution is 2.28. The van der Waals surface area contributed by atoms with Gasteiger partial charge >= 0.3 is 0 Å². The van der Waals surface area contributed by atoms with Gasteiger partial charge < -0.3 is 5.73 Å². The lowest BCUT2D eigenvalue weighted by Crippen LogP contribution is -2.42. The second kappa shape index (κ2) is 7.05. The first-order valence-corrected chi connectivity index (χ1v) is 8.29. The average Bonchev–Trinajstić information content (AvgIpc) is 2.38. The Balaban J connectivity index is 0.00000220. The van der Waals surface area contributed by atoms with E-state index in [9.17, 15) is 12.8 Å². The first kappa shape index (κ1) is 18.4. The van der Waals surface area contributed by atoms with Gasteiger partial charge in [-0.05, 0) is 44.2 Å². The van der Waals surface area contributed by atoms with Crippen molar-refractivity contribution in [3.63, 3.8) is 0 Å². The lowest BCUT2D eigenvalue weighted by Gasteiger charge is -2.33. The molecule has 1 unspecified atom stereocenters. The third kappa shape index (κ3) is 3.74. The van der Waals surface area contributed by atoms with Gasteiger partial charge in [-0.15, -0.1) is 12.4 Å². The van der Waals surface area contributed by atoms with E-state index in [1.54, 1.807) is 13.0 Å². The predicted octanol–water partition coefficient (Wildman–Crippen LogP) is 2.30. The van der Waals surface area contributed by atoms with Gasteiger partial charge in [-0.2, -0.15) is 4.31 Å². The van der Waals surface area contributed by atoms with E-state index in [0.717, 1.165) is 12.8 Å². The van der Waals surface area contributed by atoms with Crippen LogP contribution in [0.5, 0.6) is 0 Å².